The molecule has 3 heteroatoms. The second kappa shape index (κ2) is 6.86. The summed E-state index contributed by atoms with van der Waals surface area (Å²) in [5.74, 6) is 0.608. The van der Waals surface area contributed by atoms with E-state index in [2.05, 4.69) is 12.1 Å². The van der Waals surface area contributed by atoms with Gasteiger partial charge in [0.1, 0.15) is 5.75 Å². The zero-order chi connectivity index (χ0) is 16.2. The van der Waals surface area contributed by atoms with Crippen molar-refractivity contribution in [3.8, 4) is 5.75 Å². The van der Waals surface area contributed by atoms with E-state index >= 15 is 0 Å². The predicted molar refractivity (Wildman–Crippen MR) is 89.9 cm³/mol. The molecule has 3 nitrogen and oxygen atoms in total. The molecular weight excluding hydrogens is 288 g/mol. The minimum absolute atomic E-state index is 0.152. The van der Waals surface area contributed by atoms with E-state index in [1.54, 1.807) is 7.11 Å². The average molecular weight is 310 g/mol. The number of carbonyl (C=O) groups excluding carboxylic acids is 1. The van der Waals surface area contributed by atoms with Gasteiger partial charge in [-0.2, -0.15) is 0 Å². The van der Waals surface area contributed by atoms with Crippen LogP contribution in [-0.2, 0) is 16.0 Å². The van der Waals surface area contributed by atoms with Crippen LogP contribution in [0.2, 0.25) is 0 Å². The van der Waals surface area contributed by atoms with Crippen molar-refractivity contribution in [1.82, 2.24) is 0 Å². The van der Waals surface area contributed by atoms with Gasteiger partial charge >= 0.3 is 5.97 Å². The molecule has 0 saturated heterocycles. The number of ether oxygens (including phenoxy) is 2. The zero-order valence-electron chi connectivity index (χ0n) is 13.6. The highest BCUT2D eigenvalue weighted by Gasteiger charge is 2.34. The lowest BCUT2D eigenvalue weighted by Crippen LogP contribution is -2.25. The van der Waals surface area contributed by atoms with Crippen LogP contribution in [0.4, 0.5) is 0 Å². The molecule has 3 rings (SSSR count). The normalized spacial score (nSPS) is 17.9. The minimum Gasteiger partial charge on any atom is -0.497 e. The molecule has 120 valence electrons. The molecule has 0 amide bonds. The maximum atomic E-state index is 12.5. The van der Waals surface area contributed by atoms with Gasteiger partial charge in [-0.05, 0) is 48.1 Å². The Bertz CT molecular complexity index is 679. The molecule has 2 aromatic carbocycles. The summed E-state index contributed by atoms with van der Waals surface area (Å²) in [7, 11) is 3.15. The predicted octanol–water partition coefficient (Wildman–Crippen LogP) is 4.07. The van der Waals surface area contributed by atoms with Crippen LogP contribution in [0.5, 0.6) is 5.75 Å². The Morgan fingerprint density at radius 1 is 1.13 bits per heavy atom. The van der Waals surface area contributed by atoms with Gasteiger partial charge in [-0.15, -0.1) is 0 Å². The molecule has 0 heterocycles. The molecule has 0 spiro atoms. The van der Waals surface area contributed by atoms with Gasteiger partial charge in [0, 0.05) is 5.92 Å². The van der Waals surface area contributed by atoms with Gasteiger partial charge in [0.2, 0.25) is 0 Å². The summed E-state index contributed by atoms with van der Waals surface area (Å²) in [6, 6.07) is 16.1. The van der Waals surface area contributed by atoms with Crippen LogP contribution in [0, 0.1) is 0 Å². The Morgan fingerprint density at radius 3 is 2.61 bits per heavy atom. The standard InChI is InChI=1S/C20H22O3/c1-22-16-11-12-17-15(13-16)9-6-10-18(17)19(20(21)23-2)14-7-4-3-5-8-14/h3-5,7-8,11-13,18-19H,6,9-10H2,1-2H3/t18-,19+/m1/s1. The molecule has 0 unspecified atom stereocenters. The summed E-state index contributed by atoms with van der Waals surface area (Å²) in [5, 5.41) is 0. The molecule has 1 aliphatic carbocycles. The van der Waals surface area contributed by atoms with Crippen LogP contribution >= 0.6 is 0 Å². The number of methoxy groups -OCH3 is 2. The van der Waals surface area contributed by atoms with Crippen molar-refractivity contribution >= 4 is 5.97 Å². The van der Waals surface area contributed by atoms with Crippen molar-refractivity contribution in [2.75, 3.05) is 14.2 Å². The van der Waals surface area contributed by atoms with Crippen LogP contribution in [0.25, 0.3) is 0 Å². The molecule has 1 aliphatic rings. The number of benzene rings is 2. The summed E-state index contributed by atoms with van der Waals surface area (Å²) in [4.78, 5) is 12.5. The molecule has 0 aliphatic heterocycles. The van der Waals surface area contributed by atoms with Gasteiger partial charge in [-0.3, -0.25) is 4.79 Å². The Labute approximate surface area is 137 Å². The average Bonchev–Trinajstić information content (AvgIpc) is 2.62. The third-order valence-corrected chi connectivity index (χ3v) is 4.73. The number of hydrogen-bond acceptors (Lipinski definition) is 3. The topological polar surface area (TPSA) is 35.5 Å². The smallest absolute Gasteiger partial charge is 0.313 e. The lowest BCUT2D eigenvalue weighted by atomic mass is 9.73. The van der Waals surface area contributed by atoms with E-state index in [4.69, 9.17) is 9.47 Å². The largest absolute Gasteiger partial charge is 0.497 e. The first-order valence-electron chi connectivity index (χ1n) is 8.04. The quantitative estimate of drug-likeness (QED) is 0.799. The molecule has 2 atom stereocenters. The van der Waals surface area contributed by atoms with Gasteiger partial charge in [0.15, 0.2) is 0 Å². The third kappa shape index (κ3) is 3.09. The molecule has 0 N–H and O–H groups in total. The molecule has 0 aromatic heterocycles. The van der Waals surface area contributed by atoms with Crippen LogP contribution in [-0.4, -0.2) is 20.2 Å². The second-order valence-electron chi connectivity index (χ2n) is 5.97. The van der Waals surface area contributed by atoms with Crippen LogP contribution < -0.4 is 4.74 Å². The van der Waals surface area contributed by atoms with E-state index in [1.807, 2.05) is 36.4 Å². The van der Waals surface area contributed by atoms with Gasteiger partial charge < -0.3 is 9.47 Å². The Hall–Kier alpha value is -2.29. The van der Waals surface area contributed by atoms with Crippen molar-refractivity contribution in [3.63, 3.8) is 0 Å². The molecule has 0 saturated carbocycles. The summed E-state index contributed by atoms with van der Waals surface area (Å²) < 4.78 is 10.5. The second-order valence-corrected chi connectivity index (χ2v) is 5.97. The first-order chi connectivity index (χ1) is 11.2. The fourth-order valence-electron chi connectivity index (χ4n) is 3.62. The highest BCUT2D eigenvalue weighted by atomic mass is 16.5. The van der Waals surface area contributed by atoms with E-state index in [-0.39, 0.29) is 17.8 Å². The van der Waals surface area contributed by atoms with Crippen LogP contribution in [0.1, 0.15) is 41.4 Å². The first-order valence-corrected chi connectivity index (χ1v) is 8.04. The molecule has 23 heavy (non-hydrogen) atoms. The molecule has 0 bridgehead atoms. The number of aryl methyl sites for hydroxylation is 1. The Balaban J connectivity index is 2.03. The SMILES string of the molecule is COC(=O)[C@@H](c1ccccc1)[C@@H]1CCCc2cc(OC)ccc21. The molecule has 0 radical (unpaired) electrons. The summed E-state index contributed by atoms with van der Waals surface area (Å²) in [6.45, 7) is 0. The van der Waals surface area contributed by atoms with Crippen molar-refractivity contribution < 1.29 is 14.3 Å². The number of rotatable bonds is 4. The number of carbonyl (C=O) groups is 1. The lowest BCUT2D eigenvalue weighted by Gasteiger charge is -2.31. The van der Waals surface area contributed by atoms with E-state index in [9.17, 15) is 4.79 Å². The monoisotopic (exact) mass is 310 g/mol. The van der Waals surface area contributed by atoms with Gasteiger partial charge in [-0.1, -0.05) is 36.4 Å². The lowest BCUT2D eigenvalue weighted by molar-refractivity contribution is -0.143. The maximum absolute atomic E-state index is 12.5. The first kappa shape index (κ1) is 15.6. The van der Waals surface area contributed by atoms with Crippen LogP contribution in [0.3, 0.4) is 0 Å². The van der Waals surface area contributed by atoms with Gasteiger partial charge in [-0.25, -0.2) is 0 Å². The highest BCUT2D eigenvalue weighted by molar-refractivity contribution is 5.79. The zero-order valence-corrected chi connectivity index (χ0v) is 13.6. The van der Waals surface area contributed by atoms with E-state index in [1.165, 1.54) is 18.2 Å². The van der Waals surface area contributed by atoms with Gasteiger partial charge in [0.05, 0.1) is 20.1 Å². The van der Waals surface area contributed by atoms with Crippen molar-refractivity contribution in [1.29, 1.82) is 0 Å². The number of hydrogen-bond donors (Lipinski definition) is 0. The van der Waals surface area contributed by atoms with E-state index < -0.39 is 0 Å². The summed E-state index contributed by atoms with van der Waals surface area (Å²) in [5.41, 5.74) is 3.55. The molecule has 2 aromatic rings. The highest BCUT2D eigenvalue weighted by Crippen LogP contribution is 2.43. The minimum atomic E-state index is -0.256. The molecule has 0 fully saturated rings. The fourth-order valence-corrected chi connectivity index (χ4v) is 3.62. The number of fused-ring (bicyclic) bond motifs is 1. The number of esters is 1. The van der Waals surface area contributed by atoms with Gasteiger partial charge in [0.25, 0.3) is 0 Å². The van der Waals surface area contributed by atoms with E-state index in [0.717, 1.165) is 30.6 Å². The Morgan fingerprint density at radius 2 is 1.91 bits per heavy atom. The molecular formula is C20H22O3. The fraction of sp³-hybridized carbons (Fsp3) is 0.350. The van der Waals surface area contributed by atoms with Crippen LogP contribution in [0.15, 0.2) is 48.5 Å². The van der Waals surface area contributed by atoms with Crippen molar-refractivity contribution in [3.05, 3.63) is 65.2 Å². The Kier molecular flexibility index (Phi) is 4.65. The van der Waals surface area contributed by atoms with Crippen molar-refractivity contribution in [2.24, 2.45) is 0 Å². The van der Waals surface area contributed by atoms with Crippen molar-refractivity contribution in [2.45, 2.75) is 31.1 Å². The third-order valence-electron chi connectivity index (χ3n) is 4.73. The summed E-state index contributed by atoms with van der Waals surface area (Å²) in [6.07, 6.45) is 3.10. The summed E-state index contributed by atoms with van der Waals surface area (Å²) >= 11 is 0. The maximum Gasteiger partial charge on any atom is 0.313 e. The van der Waals surface area contributed by atoms with E-state index in [0.29, 0.717) is 0 Å².